The summed E-state index contributed by atoms with van der Waals surface area (Å²) in [4.78, 5) is 18.0. The van der Waals surface area contributed by atoms with Crippen molar-refractivity contribution in [2.24, 2.45) is 5.73 Å². The lowest BCUT2D eigenvalue weighted by Gasteiger charge is -2.35. The van der Waals surface area contributed by atoms with Gasteiger partial charge in [-0.1, -0.05) is 19.9 Å². The largest absolute Gasteiger partial charge is 0.377 e. The number of carbonyl (C=O) groups excluding carboxylic acids is 1. The van der Waals surface area contributed by atoms with Crippen LogP contribution >= 0.6 is 0 Å². The van der Waals surface area contributed by atoms with Crippen molar-refractivity contribution in [3.8, 4) is 0 Å². The number of morpholine rings is 1. The first-order chi connectivity index (χ1) is 9.59. The average molecular weight is 278 g/mol. The molecule has 2 rings (SSSR count). The minimum absolute atomic E-state index is 0.322. The standard InChI is InChI=1S/C14H22N4O2/c1-10(2)17-8-11-4-3-5-16-14(11)18-6-7-20-9-12(18)13(15)19/h3-5,10,12,17H,6-9H2,1-2H3,(H2,15,19). The molecule has 0 bridgehead atoms. The molecule has 6 nitrogen and oxygen atoms in total. The van der Waals surface area contributed by atoms with Crippen LogP contribution in [-0.4, -0.2) is 42.7 Å². The van der Waals surface area contributed by atoms with Gasteiger partial charge in [-0.25, -0.2) is 4.98 Å². The molecule has 3 N–H and O–H groups in total. The summed E-state index contributed by atoms with van der Waals surface area (Å²) in [7, 11) is 0. The van der Waals surface area contributed by atoms with E-state index in [0.717, 1.165) is 11.4 Å². The van der Waals surface area contributed by atoms with Crippen LogP contribution < -0.4 is 16.0 Å². The fourth-order valence-corrected chi connectivity index (χ4v) is 2.23. The number of nitrogens with zero attached hydrogens (tertiary/aromatic N) is 2. The molecule has 1 aromatic rings. The number of ether oxygens (including phenoxy) is 1. The molecule has 1 unspecified atom stereocenters. The van der Waals surface area contributed by atoms with Crippen LogP contribution in [0.25, 0.3) is 0 Å². The summed E-state index contributed by atoms with van der Waals surface area (Å²) in [5.74, 6) is 0.436. The molecule has 1 aliphatic heterocycles. The Morgan fingerprint density at radius 2 is 2.45 bits per heavy atom. The maximum atomic E-state index is 11.6. The second-order valence-electron chi connectivity index (χ2n) is 5.21. The third-order valence-corrected chi connectivity index (χ3v) is 3.30. The van der Waals surface area contributed by atoms with Gasteiger partial charge >= 0.3 is 0 Å². The monoisotopic (exact) mass is 278 g/mol. The van der Waals surface area contributed by atoms with Crippen molar-refractivity contribution in [2.45, 2.75) is 32.5 Å². The van der Waals surface area contributed by atoms with Crippen molar-refractivity contribution < 1.29 is 9.53 Å². The molecule has 2 heterocycles. The van der Waals surface area contributed by atoms with Gasteiger partial charge in [-0.2, -0.15) is 0 Å². The van der Waals surface area contributed by atoms with Crippen molar-refractivity contribution in [3.05, 3.63) is 23.9 Å². The van der Waals surface area contributed by atoms with Gasteiger partial charge in [0.2, 0.25) is 5.91 Å². The fourth-order valence-electron chi connectivity index (χ4n) is 2.23. The number of nitrogens with one attached hydrogen (secondary N) is 1. The van der Waals surface area contributed by atoms with Crippen molar-refractivity contribution in [1.82, 2.24) is 10.3 Å². The van der Waals surface area contributed by atoms with Crippen LogP contribution in [0.2, 0.25) is 0 Å². The topological polar surface area (TPSA) is 80.5 Å². The highest BCUT2D eigenvalue weighted by Gasteiger charge is 2.29. The van der Waals surface area contributed by atoms with Gasteiger partial charge in [0.15, 0.2) is 0 Å². The molecule has 0 aliphatic carbocycles. The Balaban J connectivity index is 2.23. The molecule has 0 spiro atoms. The van der Waals surface area contributed by atoms with Gasteiger partial charge in [-0.15, -0.1) is 0 Å². The summed E-state index contributed by atoms with van der Waals surface area (Å²) in [6.07, 6.45) is 1.74. The first-order valence-corrected chi connectivity index (χ1v) is 6.90. The van der Waals surface area contributed by atoms with Gasteiger partial charge in [0.1, 0.15) is 11.9 Å². The van der Waals surface area contributed by atoms with Crippen LogP contribution in [0.3, 0.4) is 0 Å². The van der Waals surface area contributed by atoms with Crippen LogP contribution in [0.4, 0.5) is 5.82 Å². The fraction of sp³-hybridized carbons (Fsp3) is 0.571. The van der Waals surface area contributed by atoms with Crippen LogP contribution in [-0.2, 0) is 16.1 Å². The van der Waals surface area contributed by atoms with E-state index in [9.17, 15) is 4.79 Å². The smallest absolute Gasteiger partial charge is 0.242 e. The molecule has 1 aliphatic rings. The second-order valence-corrected chi connectivity index (χ2v) is 5.21. The second kappa shape index (κ2) is 6.67. The average Bonchev–Trinajstić information content (AvgIpc) is 2.45. The number of aromatic nitrogens is 1. The normalized spacial score (nSPS) is 19.4. The highest BCUT2D eigenvalue weighted by Crippen LogP contribution is 2.21. The lowest BCUT2D eigenvalue weighted by molar-refractivity contribution is -0.121. The summed E-state index contributed by atoms with van der Waals surface area (Å²) in [5.41, 5.74) is 6.53. The summed E-state index contributed by atoms with van der Waals surface area (Å²) >= 11 is 0. The van der Waals surface area contributed by atoms with E-state index in [4.69, 9.17) is 10.5 Å². The van der Waals surface area contributed by atoms with Gasteiger partial charge in [0.05, 0.1) is 13.2 Å². The van der Waals surface area contributed by atoms with Crippen LogP contribution in [0.15, 0.2) is 18.3 Å². The molecule has 110 valence electrons. The Kier molecular flexibility index (Phi) is 4.92. The molecule has 0 aromatic carbocycles. The molecule has 1 amide bonds. The molecule has 1 saturated heterocycles. The number of nitrogens with two attached hydrogens (primary N) is 1. The zero-order chi connectivity index (χ0) is 14.5. The first-order valence-electron chi connectivity index (χ1n) is 6.90. The highest BCUT2D eigenvalue weighted by molar-refractivity contribution is 5.84. The predicted octanol–water partition coefficient (Wildman–Crippen LogP) is 0.270. The molecule has 1 atom stereocenters. The van der Waals surface area contributed by atoms with Crippen LogP contribution in [0.5, 0.6) is 0 Å². The van der Waals surface area contributed by atoms with E-state index >= 15 is 0 Å². The Bertz CT molecular complexity index is 464. The molecule has 1 fully saturated rings. The van der Waals surface area contributed by atoms with Gasteiger partial charge < -0.3 is 20.7 Å². The molecule has 6 heteroatoms. The van der Waals surface area contributed by atoms with Gasteiger partial charge in [0, 0.05) is 30.9 Å². The predicted molar refractivity (Wildman–Crippen MR) is 77.4 cm³/mol. The van der Waals surface area contributed by atoms with E-state index in [2.05, 4.69) is 24.1 Å². The maximum Gasteiger partial charge on any atom is 0.242 e. The summed E-state index contributed by atoms with van der Waals surface area (Å²) < 4.78 is 5.35. The van der Waals surface area contributed by atoms with E-state index < -0.39 is 6.04 Å². The minimum atomic E-state index is -0.448. The van der Waals surface area contributed by atoms with Crippen molar-refractivity contribution in [2.75, 3.05) is 24.7 Å². The first kappa shape index (κ1) is 14.7. The van der Waals surface area contributed by atoms with E-state index in [0.29, 0.717) is 32.3 Å². The molecule has 0 radical (unpaired) electrons. The van der Waals surface area contributed by atoms with Crippen molar-refractivity contribution >= 4 is 11.7 Å². The zero-order valence-electron chi connectivity index (χ0n) is 12.0. The molecular formula is C14H22N4O2. The van der Waals surface area contributed by atoms with Gasteiger partial charge in [-0.05, 0) is 6.07 Å². The Morgan fingerprint density at radius 3 is 3.15 bits per heavy atom. The lowest BCUT2D eigenvalue weighted by atomic mass is 10.1. The maximum absolute atomic E-state index is 11.6. The number of pyridine rings is 1. The number of rotatable bonds is 5. The highest BCUT2D eigenvalue weighted by atomic mass is 16.5. The Hall–Kier alpha value is -1.66. The third kappa shape index (κ3) is 3.46. The Morgan fingerprint density at radius 1 is 1.65 bits per heavy atom. The summed E-state index contributed by atoms with van der Waals surface area (Å²) in [5, 5.41) is 3.37. The van der Waals surface area contributed by atoms with E-state index in [1.807, 2.05) is 17.0 Å². The number of amides is 1. The number of primary amides is 1. The van der Waals surface area contributed by atoms with Crippen LogP contribution in [0, 0.1) is 0 Å². The van der Waals surface area contributed by atoms with Crippen molar-refractivity contribution in [3.63, 3.8) is 0 Å². The summed E-state index contributed by atoms with van der Waals surface area (Å²) in [6.45, 7) is 6.43. The molecule has 20 heavy (non-hydrogen) atoms. The minimum Gasteiger partial charge on any atom is -0.377 e. The summed E-state index contributed by atoms with van der Waals surface area (Å²) in [6, 6.07) is 3.86. The van der Waals surface area contributed by atoms with Crippen molar-refractivity contribution in [1.29, 1.82) is 0 Å². The van der Waals surface area contributed by atoms with E-state index in [1.165, 1.54) is 0 Å². The third-order valence-electron chi connectivity index (χ3n) is 3.30. The van der Waals surface area contributed by atoms with E-state index in [1.54, 1.807) is 6.20 Å². The Labute approximate surface area is 119 Å². The number of hydrogen-bond acceptors (Lipinski definition) is 5. The van der Waals surface area contributed by atoms with Crippen LogP contribution in [0.1, 0.15) is 19.4 Å². The molecule has 0 saturated carbocycles. The number of anilines is 1. The number of hydrogen-bond donors (Lipinski definition) is 2. The quantitative estimate of drug-likeness (QED) is 0.808. The SMILES string of the molecule is CC(C)NCc1cccnc1N1CCOCC1C(N)=O. The van der Waals surface area contributed by atoms with Gasteiger partial charge in [0.25, 0.3) is 0 Å². The van der Waals surface area contributed by atoms with E-state index in [-0.39, 0.29) is 5.91 Å². The molecule has 1 aromatic heterocycles. The number of carbonyl (C=O) groups is 1. The zero-order valence-corrected chi connectivity index (χ0v) is 12.0. The lowest BCUT2D eigenvalue weighted by Crippen LogP contribution is -2.53. The molecular weight excluding hydrogens is 256 g/mol. The van der Waals surface area contributed by atoms with Gasteiger partial charge in [-0.3, -0.25) is 4.79 Å².